The number of esters is 1. The van der Waals surface area contributed by atoms with E-state index in [-0.39, 0.29) is 12.4 Å². The van der Waals surface area contributed by atoms with Crippen molar-refractivity contribution in [1.29, 1.82) is 0 Å². The van der Waals surface area contributed by atoms with Crippen LogP contribution in [0.5, 0.6) is 0 Å². The van der Waals surface area contributed by atoms with E-state index in [0.29, 0.717) is 17.2 Å². The van der Waals surface area contributed by atoms with Crippen LogP contribution in [-0.4, -0.2) is 12.6 Å². The normalized spacial score (nSPS) is 10.8. The largest absolute Gasteiger partial charge is 0.466 e. The Kier molecular flexibility index (Phi) is 3.74. The van der Waals surface area contributed by atoms with Crippen molar-refractivity contribution in [2.24, 2.45) is 0 Å². The summed E-state index contributed by atoms with van der Waals surface area (Å²) in [5.74, 6) is -0.269. The second kappa shape index (κ2) is 5.10. The van der Waals surface area contributed by atoms with Crippen LogP contribution in [0.15, 0.2) is 27.3 Å². The number of ether oxygens (including phenoxy) is 1. The summed E-state index contributed by atoms with van der Waals surface area (Å²) < 4.78 is 11.0. The predicted octanol–water partition coefficient (Wildman–Crippen LogP) is 3.95. The molecule has 0 radical (unpaired) electrons. The third kappa shape index (κ3) is 2.64. The third-order valence-electron chi connectivity index (χ3n) is 2.34. The highest BCUT2D eigenvalue weighted by Gasteiger charge is 2.12. The van der Waals surface area contributed by atoms with Gasteiger partial charge < -0.3 is 9.15 Å². The van der Waals surface area contributed by atoms with E-state index in [4.69, 9.17) is 20.8 Å². The van der Waals surface area contributed by atoms with Gasteiger partial charge in [0.25, 0.3) is 0 Å². The molecular formula is C12H10BrClO3. The van der Waals surface area contributed by atoms with Gasteiger partial charge in [0.2, 0.25) is 0 Å². The van der Waals surface area contributed by atoms with Crippen LogP contribution in [-0.2, 0) is 16.0 Å². The number of hydrogen-bond donors (Lipinski definition) is 0. The van der Waals surface area contributed by atoms with Gasteiger partial charge in [-0.05, 0) is 35.0 Å². The minimum Gasteiger partial charge on any atom is -0.466 e. The van der Waals surface area contributed by atoms with Crippen molar-refractivity contribution >= 4 is 44.5 Å². The Morgan fingerprint density at radius 2 is 2.29 bits per heavy atom. The highest BCUT2D eigenvalue weighted by molar-refractivity contribution is 9.10. The molecular weight excluding hydrogens is 307 g/mol. The van der Waals surface area contributed by atoms with Gasteiger partial charge in [0, 0.05) is 15.4 Å². The summed E-state index contributed by atoms with van der Waals surface area (Å²) in [6, 6.07) is 3.56. The molecule has 1 aromatic heterocycles. The molecule has 0 fully saturated rings. The number of hydrogen-bond acceptors (Lipinski definition) is 3. The number of carbonyl (C=O) groups is 1. The van der Waals surface area contributed by atoms with Crippen molar-refractivity contribution in [1.82, 2.24) is 0 Å². The van der Waals surface area contributed by atoms with Gasteiger partial charge in [-0.2, -0.15) is 0 Å². The fourth-order valence-corrected chi connectivity index (χ4v) is 2.07. The molecule has 0 aliphatic rings. The zero-order chi connectivity index (χ0) is 12.4. The van der Waals surface area contributed by atoms with E-state index in [9.17, 15) is 4.79 Å². The molecule has 17 heavy (non-hydrogen) atoms. The van der Waals surface area contributed by atoms with Gasteiger partial charge in [0.1, 0.15) is 5.58 Å². The molecule has 0 atom stereocenters. The highest BCUT2D eigenvalue weighted by atomic mass is 79.9. The molecule has 2 rings (SSSR count). The Hall–Kier alpha value is -1.000. The summed E-state index contributed by atoms with van der Waals surface area (Å²) >= 11 is 9.33. The van der Waals surface area contributed by atoms with E-state index in [1.54, 1.807) is 25.3 Å². The van der Waals surface area contributed by atoms with Gasteiger partial charge in [0.15, 0.2) is 0 Å². The number of carbonyl (C=O) groups excluding carboxylic acids is 1. The Labute approximate surface area is 112 Å². The van der Waals surface area contributed by atoms with Crippen LogP contribution < -0.4 is 0 Å². The fraction of sp³-hybridized carbons (Fsp3) is 0.250. The second-order valence-corrected chi connectivity index (χ2v) is 4.77. The molecule has 2 aromatic rings. The molecule has 3 nitrogen and oxygen atoms in total. The minimum atomic E-state index is -0.269. The summed E-state index contributed by atoms with van der Waals surface area (Å²) in [5, 5.41) is 1.43. The molecule has 0 saturated heterocycles. The standard InChI is InChI=1S/C12H10BrClO3/c1-2-16-12(15)3-7-6-17-11-5-9(13)10(14)4-8(7)11/h4-6H,2-3H2,1H3. The first-order chi connectivity index (χ1) is 8.11. The molecule has 1 aromatic carbocycles. The van der Waals surface area contributed by atoms with Gasteiger partial charge >= 0.3 is 5.97 Å². The van der Waals surface area contributed by atoms with Crippen LogP contribution in [0.4, 0.5) is 0 Å². The van der Waals surface area contributed by atoms with Crippen molar-refractivity contribution < 1.29 is 13.9 Å². The van der Waals surface area contributed by atoms with Gasteiger partial charge in [-0.1, -0.05) is 11.6 Å². The third-order valence-corrected chi connectivity index (χ3v) is 3.53. The average molecular weight is 318 g/mol. The molecule has 0 unspecified atom stereocenters. The van der Waals surface area contributed by atoms with Crippen LogP contribution in [0.3, 0.4) is 0 Å². The molecule has 0 aliphatic carbocycles. The van der Waals surface area contributed by atoms with Gasteiger partial charge in [-0.25, -0.2) is 0 Å². The molecule has 0 aliphatic heterocycles. The number of rotatable bonds is 3. The summed E-state index contributed by atoms with van der Waals surface area (Å²) in [6.45, 7) is 2.15. The summed E-state index contributed by atoms with van der Waals surface area (Å²) in [5.41, 5.74) is 1.48. The quantitative estimate of drug-likeness (QED) is 0.805. The summed E-state index contributed by atoms with van der Waals surface area (Å²) in [7, 11) is 0. The van der Waals surface area contributed by atoms with E-state index in [0.717, 1.165) is 15.4 Å². The van der Waals surface area contributed by atoms with Gasteiger partial charge in [0.05, 0.1) is 24.3 Å². The zero-order valence-corrected chi connectivity index (χ0v) is 11.5. The Morgan fingerprint density at radius 3 is 3.00 bits per heavy atom. The molecule has 0 amide bonds. The second-order valence-electron chi connectivity index (χ2n) is 3.51. The van der Waals surface area contributed by atoms with Crippen molar-refractivity contribution in [2.75, 3.05) is 6.61 Å². The number of furan rings is 1. The van der Waals surface area contributed by atoms with Crippen LogP contribution in [0.2, 0.25) is 5.02 Å². The Bertz CT molecular complexity index is 562. The zero-order valence-electron chi connectivity index (χ0n) is 9.13. The smallest absolute Gasteiger partial charge is 0.310 e. The van der Waals surface area contributed by atoms with E-state index in [1.807, 2.05) is 0 Å². The van der Waals surface area contributed by atoms with E-state index in [1.165, 1.54) is 0 Å². The Balaban J connectivity index is 2.36. The molecule has 0 spiro atoms. The first kappa shape index (κ1) is 12.5. The van der Waals surface area contributed by atoms with E-state index < -0.39 is 0 Å². The maximum atomic E-state index is 11.4. The molecule has 1 heterocycles. The molecule has 90 valence electrons. The van der Waals surface area contributed by atoms with Crippen molar-refractivity contribution in [3.63, 3.8) is 0 Å². The van der Waals surface area contributed by atoms with Crippen LogP contribution in [0.25, 0.3) is 11.0 Å². The molecule has 0 N–H and O–H groups in total. The van der Waals surface area contributed by atoms with Crippen molar-refractivity contribution in [3.8, 4) is 0 Å². The van der Waals surface area contributed by atoms with E-state index in [2.05, 4.69) is 15.9 Å². The van der Waals surface area contributed by atoms with Crippen LogP contribution in [0, 0.1) is 0 Å². The van der Waals surface area contributed by atoms with Crippen molar-refractivity contribution in [2.45, 2.75) is 13.3 Å². The lowest BCUT2D eigenvalue weighted by Crippen LogP contribution is -2.06. The molecule has 0 bridgehead atoms. The predicted molar refractivity (Wildman–Crippen MR) is 69.3 cm³/mol. The highest BCUT2D eigenvalue weighted by Crippen LogP contribution is 2.31. The van der Waals surface area contributed by atoms with Crippen LogP contribution >= 0.6 is 27.5 Å². The first-order valence-corrected chi connectivity index (χ1v) is 6.29. The van der Waals surface area contributed by atoms with E-state index >= 15 is 0 Å². The SMILES string of the molecule is CCOC(=O)Cc1coc2cc(Br)c(Cl)cc12. The lowest BCUT2D eigenvalue weighted by molar-refractivity contribution is -0.142. The molecule has 5 heteroatoms. The monoisotopic (exact) mass is 316 g/mol. The fourth-order valence-electron chi connectivity index (χ4n) is 1.58. The minimum absolute atomic E-state index is 0.193. The average Bonchev–Trinajstić information content (AvgIpc) is 2.63. The maximum absolute atomic E-state index is 11.4. The number of fused-ring (bicyclic) bond motifs is 1. The lowest BCUT2D eigenvalue weighted by atomic mass is 10.1. The summed E-state index contributed by atoms with van der Waals surface area (Å²) in [4.78, 5) is 11.4. The van der Waals surface area contributed by atoms with Gasteiger partial charge in [-0.15, -0.1) is 0 Å². The maximum Gasteiger partial charge on any atom is 0.310 e. The topological polar surface area (TPSA) is 39.4 Å². The first-order valence-electron chi connectivity index (χ1n) is 5.12. The number of halogens is 2. The summed E-state index contributed by atoms with van der Waals surface area (Å²) in [6.07, 6.45) is 1.75. The van der Waals surface area contributed by atoms with Gasteiger partial charge in [-0.3, -0.25) is 4.79 Å². The van der Waals surface area contributed by atoms with Crippen LogP contribution in [0.1, 0.15) is 12.5 Å². The Morgan fingerprint density at radius 1 is 1.53 bits per heavy atom. The molecule has 0 saturated carbocycles. The van der Waals surface area contributed by atoms with Crippen molar-refractivity contribution in [3.05, 3.63) is 33.5 Å². The lowest BCUT2D eigenvalue weighted by Gasteiger charge is -2.00. The number of benzene rings is 1.